The Hall–Kier alpha value is -2.33. The van der Waals surface area contributed by atoms with Gasteiger partial charge in [0.15, 0.2) is 0 Å². The molecule has 3 aromatic carbocycles. The van der Waals surface area contributed by atoms with Gasteiger partial charge in [0.25, 0.3) is 0 Å². The number of unbranched alkanes of at least 4 members (excludes halogenated alkanes) is 9. The molecule has 0 aliphatic heterocycles. The molecule has 0 aliphatic rings. The molecule has 10 heteroatoms. The number of nitrogens with zero attached hydrogens (tertiary/aromatic N) is 4. The predicted octanol–water partition coefficient (Wildman–Crippen LogP) is 10.0. The number of aromatic hydroxyl groups is 2. The number of aromatic nitrogens is 4. The number of thioether (sulfide) groups is 1. The van der Waals surface area contributed by atoms with Crippen molar-refractivity contribution in [2.24, 2.45) is 0 Å². The fourth-order valence-electron chi connectivity index (χ4n) is 4.36. The summed E-state index contributed by atoms with van der Waals surface area (Å²) in [7, 11) is 0. The maximum absolute atomic E-state index is 11.5. The molecule has 0 saturated carbocycles. The first kappa shape index (κ1) is 31.6. The highest BCUT2D eigenvalue weighted by atomic mass is 35.5. The van der Waals surface area contributed by atoms with Crippen molar-refractivity contribution in [1.82, 2.24) is 20.2 Å². The van der Waals surface area contributed by atoms with Crippen LogP contribution in [-0.2, 0) is 0 Å². The Bertz CT molecular complexity index is 1350. The maximum atomic E-state index is 11.5. The zero-order valence-electron chi connectivity index (χ0n) is 23.3. The third-order valence-corrected chi connectivity index (χ3v) is 10.2. The third kappa shape index (κ3) is 9.60. The molecule has 0 amide bonds. The van der Waals surface area contributed by atoms with Crippen molar-refractivity contribution in [1.29, 1.82) is 0 Å². The van der Waals surface area contributed by atoms with E-state index in [1.165, 1.54) is 81.3 Å². The second-order valence-electron chi connectivity index (χ2n) is 9.80. The summed E-state index contributed by atoms with van der Waals surface area (Å²) in [6.07, 6.45) is 12.8. The number of halogens is 1. The normalized spacial score (nSPS) is 11.3. The van der Waals surface area contributed by atoms with Crippen LogP contribution in [0.15, 0.2) is 85.4 Å². The topological polar surface area (TPSA) is 84.1 Å². The molecule has 0 atom stereocenters. The number of tetrazole rings is 1. The molecule has 2 N–H and O–H groups in total. The highest BCUT2D eigenvalue weighted by Gasteiger charge is 2.22. The van der Waals surface area contributed by atoms with Gasteiger partial charge in [-0.3, -0.25) is 0 Å². The average Bonchev–Trinajstić information content (AvgIpc) is 3.45. The minimum Gasteiger partial charge on any atom is -0.507 e. The Kier molecular flexibility index (Phi) is 13.1. The summed E-state index contributed by atoms with van der Waals surface area (Å²) in [6.45, 7) is 2.25. The Morgan fingerprint density at radius 1 is 0.780 bits per heavy atom. The summed E-state index contributed by atoms with van der Waals surface area (Å²) in [5.41, 5.74) is 0.808. The van der Waals surface area contributed by atoms with Crippen molar-refractivity contribution in [2.45, 2.75) is 95.9 Å². The lowest BCUT2D eigenvalue weighted by Crippen LogP contribution is -1.98. The number of para-hydroxylation sites is 1. The van der Waals surface area contributed by atoms with Crippen molar-refractivity contribution < 1.29 is 10.2 Å². The van der Waals surface area contributed by atoms with Gasteiger partial charge in [-0.15, -0.1) is 16.9 Å². The van der Waals surface area contributed by atoms with E-state index in [1.54, 1.807) is 22.5 Å². The van der Waals surface area contributed by atoms with E-state index in [0.717, 1.165) is 22.8 Å². The van der Waals surface area contributed by atoms with E-state index in [0.29, 0.717) is 24.9 Å². The van der Waals surface area contributed by atoms with E-state index in [2.05, 4.69) is 22.4 Å². The Morgan fingerprint density at radius 2 is 1.44 bits per heavy atom. The molecule has 4 rings (SSSR count). The van der Waals surface area contributed by atoms with E-state index in [1.807, 2.05) is 54.6 Å². The number of benzene rings is 3. The van der Waals surface area contributed by atoms with Crippen molar-refractivity contribution in [3.05, 3.63) is 65.7 Å². The summed E-state index contributed by atoms with van der Waals surface area (Å²) < 4.78 is 1.61. The lowest BCUT2D eigenvalue weighted by Gasteiger charge is -2.16. The first-order valence-corrected chi connectivity index (χ1v) is 17.2. The van der Waals surface area contributed by atoms with Crippen LogP contribution in [0.4, 0.5) is 0 Å². The van der Waals surface area contributed by atoms with Crippen molar-refractivity contribution in [3.8, 4) is 17.2 Å². The molecule has 0 unspecified atom stereocenters. The van der Waals surface area contributed by atoms with Crippen molar-refractivity contribution in [3.63, 3.8) is 0 Å². The van der Waals surface area contributed by atoms with Gasteiger partial charge in [-0.05, 0) is 76.8 Å². The molecule has 0 spiro atoms. The fourth-order valence-corrected chi connectivity index (χ4v) is 7.63. The fraction of sp³-hybridized carbons (Fsp3) is 0.387. The zero-order chi connectivity index (χ0) is 28.9. The van der Waals surface area contributed by atoms with Crippen LogP contribution < -0.4 is 0 Å². The number of phenolic OH excluding ortho intramolecular Hbond substituents is 2. The Balaban J connectivity index is 1.45. The second-order valence-corrected chi connectivity index (χ2v) is 13.4. The van der Waals surface area contributed by atoms with Crippen molar-refractivity contribution in [2.75, 3.05) is 5.75 Å². The summed E-state index contributed by atoms with van der Waals surface area (Å²) >= 11 is 10.3. The molecule has 1 aromatic heterocycles. The third-order valence-electron chi connectivity index (χ3n) is 6.58. The van der Waals surface area contributed by atoms with Gasteiger partial charge in [-0.1, -0.05) is 106 Å². The van der Waals surface area contributed by atoms with Crippen LogP contribution >= 0.6 is 46.9 Å². The molecule has 0 fully saturated rings. The quantitative estimate of drug-likeness (QED) is 0.0679. The monoisotopic (exact) mass is 628 g/mol. The van der Waals surface area contributed by atoms with Crippen LogP contribution in [0, 0.1) is 0 Å². The van der Waals surface area contributed by atoms with Gasteiger partial charge < -0.3 is 10.2 Å². The molecule has 0 aliphatic carbocycles. The van der Waals surface area contributed by atoms with Crippen LogP contribution in [0.2, 0.25) is 5.02 Å². The lowest BCUT2D eigenvalue weighted by molar-refractivity contribution is 0.423. The van der Waals surface area contributed by atoms with Crippen LogP contribution in [0.5, 0.6) is 11.5 Å². The molecule has 0 bridgehead atoms. The van der Waals surface area contributed by atoms with Gasteiger partial charge in [0.1, 0.15) is 11.5 Å². The lowest BCUT2D eigenvalue weighted by atomic mass is 10.1. The van der Waals surface area contributed by atoms with Gasteiger partial charge in [0.2, 0.25) is 5.16 Å². The van der Waals surface area contributed by atoms with Gasteiger partial charge in [0, 0.05) is 9.92 Å². The van der Waals surface area contributed by atoms with Gasteiger partial charge in [-0.25, -0.2) is 0 Å². The molecule has 218 valence electrons. The van der Waals surface area contributed by atoms with Gasteiger partial charge >= 0.3 is 0 Å². The molecule has 0 radical (unpaired) electrons. The number of hydrogen-bond acceptors (Lipinski definition) is 8. The Labute approximate surface area is 260 Å². The van der Waals surface area contributed by atoms with Gasteiger partial charge in [0.05, 0.1) is 20.4 Å². The van der Waals surface area contributed by atoms with E-state index in [-0.39, 0.29) is 11.5 Å². The van der Waals surface area contributed by atoms with Crippen LogP contribution in [0.25, 0.3) is 5.69 Å². The minimum absolute atomic E-state index is 0.0981. The second kappa shape index (κ2) is 16.9. The zero-order valence-corrected chi connectivity index (χ0v) is 26.5. The first-order valence-electron chi connectivity index (χ1n) is 14.2. The standard InChI is InChI=1S/C31H37ClN4O2S3/c1-2-3-4-5-6-7-8-9-10-14-21-39-29-26(37)22-27(28(38)30(29)40-25-19-17-23(32)18-20-25)41-31-33-34-35-36(31)24-15-12-11-13-16-24/h11-13,15-20,22,37-38H,2-10,14,21H2,1H3. The molecular formula is C31H37ClN4O2S3. The summed E-state index contributed by atoms with van der Waals surface area (Å²) in [4.78, 5) is 2.70. The SMILES string of the molecule is CCCCCCCCCCCCSc1c(O)cc(Sc2nnnn2-c2ccccc2)c(O)c1Sc1ccc(Cl)cc1. The summed E-state index contributed by atoms with van der Waals surface area (Å²) in [5, 5.41) is 35.9. The average molecular weight is 629 g/mol. The number of phenols is 2. The number of rotatable bonds is 17. The van der Waals surface area contributed by atoms with Gasteiger partial charge in [-0.2, -0.15) is 4.68 Å². The predicted molar refractivity (Wildman–Crippen MR) is 171 cm³/mol. The minimum atomic E-state index is 0.0981. The molecular weight excluding hydrogens is 592 g/mol. The van der Waals surface area contributed by atoms with Crippen LogP contribution in [0.1, 0.15) is 71.1 Å². The first-order chi connectivity index (χ1) is 20.1. The highest BCUT2D eigenvalue weighted by molar-refractivity contribution is 8.02. The van der Waals surface area contributed by atoms with Crippen molar-refractivity contribution >= 4 is 46.9 Å². The molecule has 0 saturated heterocycles. The Morgan fingerprint density at radius 3 is 2.12 bits per heavy atom. The largest absolute Gasteiger partial charge is 0.507 e. The van der Waals surface area contributed by atoms with E-state index >= 15 is 0 Å². The smallest absolute Gasteiger partial charge is 0.219 e. The summed E-state index contributed by atoms with van der Waals surface area (Å²) in [5.74, 6) is 1.11. The molecule has 6 nitrogen and oxygen atoms in total. The molecule has 41 heavy (non-hydrogen) atoms. The molecule has 4 aromatic rings. The summed E-state index contributed by atoms with van der Waals surface area (Å²) in [6, 6.07) is 18.7. The van der Waals surface area contributed by atoms with Crippen LogP contribution in [-0.4, -0.2) is 36.2 Å². The van der Waals surface area contributed by atoms with E-state index in [4.69, 9.17) is 11.6 Å². The highest BCUT2D eigenvalue weighted by Crippen LogP contribution is 2.51. The maximum Gasteiger partial charge on any atom is 0.219 e. The van der Waals surface area contributed by atoms with Crippen LogP contribution in [0.3, 0.4) is 0 Å². The number of hydrogen-bond donors (Lipinski definition) is 2. The van der Waals surface area contributed by atoms with E-state index < -0.39 is 0 Å². The van der Waals surface area contributed by atoms with E-state index in [9.17, 15) is 10.2 Å². The molecule has 1 heterocycles.